The Morgan fingerprint density at radius 3 is 2.31 bits per heavy atom. The number of rotatable bonds is 8. The molecule has 0 saturated heterocycles. The molecule has 0 bridgehead atoms. The molecule has 1 N–H and O–H groups in total. The number of aromatic nitrogens is 3. The Labute approximate surface area is 187 Å². The second kappa shape index (κ2) is 9.51. The van der Waals surface area contributed by atoms with Gasteiger partial charge in [-0.05, 0) is 87.0 Å². The molecule has 0 aliphatic rings. The maximum Gasteiger partial charge on any atom is 0.255 e. The quantitative estimate of drug-likeness (QED) is 0.413. The van der Waals surface area contributed by atoms with Crippen LogP contribution in [0.15, 0.2) is 66.7 Å². The van der Waals surface area contributed by atoms with E-state index in [1.54, 1.807) is 16.9 Å². The molecule has 0 spiro atoms. The normalized spacial score (nSPS) is 11.8. The van der Waals surface area contributed by atoms with Crippen molar-refractivity contribution in [3.63, 3.8) is 0 Å². The van der Waals surface area contributed by atoms with Gasteiger partial charge in [-0.3, -0.25) is 4.79 Å². The number of amides is 1. The van der Waals surface area contributed by atoms with E-state index in [-0.39, 0.29) is 12.0 Å². The summed E-state index contributed by atoms with van der Waals surface area (Å²) < 4.78 is 11.2. The molecule has 32 heavy (non-hydrogen) atoms. The van der Waals surface area contributed by atoms with E-state index in [2.05, 4.69) is 22.4 Å². The number of nitrogens with zero attached hydrogens (tertiary/aromatic N) is 3. The van der Waals surface area contributed by atoms with Crippen molar-refractivity contribution in [3.8, 4) is 17.2 Å². The van der Waals surface area contributed by atoms with Crippen molar-refractivity contribution in [3.05, 3.63) is 72.3 Å². The van der Waals surface area contributed by atoms with E-state index in [0.29, 0.717) is 23.4 Å². The molecule has 1 amide bonds. The smallest absolute Gasteiger partial charge is 0.255 e. The summed E-state index contributed by atoms with van der Waals surface area (Å²) in [6.45, 7) is 6.65. The highest BCUT2D eigenvalue weighted by Crippen LogP contribution is 2.21. The van der Waals surface area contributed by atoms with Crippen LogP contribution in [0.3, 0.4) is 0 Å². The van der Waals surface area contributed by atoms with Crippen molar-refractivity contribution in [1.29, 1.82) is 0 Å². The predicted molar refractivity (Wildman–Crippen MR) is 125 cm³/mol. The lowest BCUT2D eigenvalue weighted by atomic mass is 10.2. The second-order valence-electron chi connectivity index (χ2n) is 7.44. The molecule has 1 atom stereocenters. The number of hydrogen-bond acceptors (Lipinski definition) is 5. The van der Waals surface area contributed by atoms with Gasteiger partial charge < -0.3 is 14.8 Å². The van der Waals surface area contributed by atoms with Gasteiger partial charge in [0.15, 0.2) is 0 Å². The maximum absolute atomic E-state index is 12.6. The third-order valence-corrected chi connectivity index (χ3v) is 5.05. The lowest BCUT2D eigenvalue weighted by Gasteiger charge is -2.12. The molecule has 0 aliphatic carbocycles. The zero-order chi connectivity index (χ0) is 22.5. The van der Waals surface area contributed by atoms with E-state index in [1.807, 2.05) is 68.4 Å². The number of hydrogen-bond donors (Lipinski definition) is 1. The number of carbonyl (C=O) groups is 1. The summed E-state index contributed by atoms with van der Waals surface area (Å²) in [5.74, 6) is 1.36. The van der Waals surface area contributed by atoms with Crippen LogP contribution >= 0.6 is 0 Å². The van der Waals surface area contributed by atoms with Crippen LogP contribution in [0.4, 0.5) is 5.69 Å². The summed E-state index contributed by atoms with van der Waals surface area (Å²) in [6.07, 6.45) is 1.06. The van der Waals surface area contributed by atoms with Crippen molar-refractivity contribution >= 4 is 22.6 Å². The van der Waals surface area contributed by atoms with Gasteiger partial charge in [0.1, 0.15) is 22.5 Å². The second-order valence-corrected chi connectivity index (χ2v) is 7.44. The molecule has 3 aromatic carbocycles. The van der Waals surface area contributed by atoms with Crippen LogP contribution in [0, 0.1) is 0 Å². The largest absolute Gasteiger partial charge is 0.494 e. The summed E-state index contributed by atoms with van der Waals surface area (Å²) >= 11 is 0. The van der Waals surface area contributed by atoms with Crippen molar-refractivity contribution in [2.45, 2.75) is 33.3 Å². The fourth-order valence-corrected chi connectivity index (χ4v) is 3.15. The zero-order valence-corrected chi connectivity index (χ0v) is 18.4. The monoisotopic (exact) mass is 430 g/mol. The highest BCUT2D eigenvalue weighted by atomic mass is 16.5. The molecular weight excluding hydrogens is 404 g/mol. The molecule has 1 aromatic heterocycles. The molecule has 0 saturated carbocycles. The molecule has 164 valence electrons. The Kier molecular flexibility index (Phi) is 6.35. The van der Waals surface area contributed by atoms with Crippen LogP contribution < -0.4 is 14.8 Å². The summed E-state index contributed by atoms with van der Waals surface area (Å²) in [4.78, 5) is 14.2. The zero-order valence-electron chi connectivity index (χ0n) is 18.4. The number of benzene rings is 3. The number of fused-ring (bicyclic) bond motifs is 1. The Hall–Kier alpha value is -3.87. The fraction of sp³-hybridized carbons (Fsp3) is 0.240. The number of nitrogens with one attached hydrogen (secondary N) is 1. The molecule has 0 radical (unpaired) electrons. The summed E-state index contributed by atoms with van der Waals surface area (Å²) in [5, 5.41) is 12.0. The van der Waals surface area contributed by atoms with Gasteiger partial charge in [0.25, 0.3) is 5.91 Å². The first-order chi connectivity index (χ1) is 15.6. The van der Waals surface area contributed by atoms with Crippen molar-refractivity contribution in [2.75, 3.05) is 11.9 Å². The highest BCUT2D eigenvalue weighted by Gasteiger charge is 2.10. The van der Waals surface area contributed by atoms with E-state index in [4.69, 9.17) is 9.47 Å². The van der Waals surface area contributed by atoms with Gasteiger partial charge in [-0.25, -0.2) is 0 Å². The van der Waals surface area contributed by atoms with E-state index in [1.165, 1.54) is 0 Å². The third kappa shape index (κ3) is 4.88. The Morgan fingerprint density at radius 2 is 1.62 bits per heavy atom. The predicted octanol–water partition coefficient (Wildman–Crippen LogP) is 5.25. The van der Waals surface area contributed by atoms with E-state index < -0.39 is 0 Å². The first kappa shape index (κ1) is 21.4. The van der Waals surface area contributed by atoms with Gasteiger partial charge in [-0.2, -0.15) is 4.80 Å². The lowest BCUT2D eigenvalue weighted by molar-refractivity contribution is 0.102. The summed E-state index contributed by atoms with van der Waals surface area (Å²) in [5.41, 5.74) is 3.47. The Morgan fingerprint density at radius 1 is 0.938 bits per heavy atom. The molecule has 0 unspecified atom stereocenters. The summed E-state index contributed by atoms with van der Waals surface area (Å²) in [6, 6.07) is 20.2. The van der Waals surface area contributed by atoms with Crippen LogP contribution in [0.25, 0.3) is 16.7 Å². The van der Waals surface area contributed by atoms with Gasteiger partial charge >= 0.3 is 0 Å². The third-order valence-electron chi connectivity index (χ3n) is 5.05. The average molecular weight is 431 g/mol. The minimum atomic E-state index is -0.196. The van der Waals surface area contributed by atoms with Crippen LogP contribution in [-0.4, -0.2) is 33.6 Å². The van der Waals surface area contributed by atoms with Crippen LogP contribution in [-0.2, 0) is 0 Å². The number of anilines is 1. The minimum absolute atomic E-state index is 0.137. The SMILES string of the molecule is CCOc1ccc(-n2nc3ccc(NC(=O)c4ccc(O[C@H](C)CC)cc4)cc3n2)cc1. The Balaban J connectivity index is 1.47. The van der Waals surface area contributed by atoms with Gasteiger partial charge in [-0.15, -0.1) is 10.2 Å². The number of ether oxygens (including phenoxy) is 2. The van der Waals surface area contributed by atoms with Crippen LogP contribution in [0.2, 0.25) is 0 Å². The van der Waals surface area contributed by atoms with Crippen molar-refractivity contribution in [1.82, 2.24) is 15.0 Å². The lowest BCUT2D eigenvalue weighted by Crippen LogP contribution is -2.12. The summed E-state index contributed by atoms with van der Waals surface area (Å²) in [7, 11) is 0. The number of carbonyl (C=O) groups excluding carboxylic acids is 1. The molecule has 7 nitrogen and oxygen atoms in total. The van der Waals surface area contributed by atoms with Crippen molar-refractivity contribution < 1.29 is 14.3 Å². The topological polar surface area (TPSA) is 78.3 Å². The standard InChI is InChI=1S/C25H26N4O3/c1-4-17(3)32-22-11-6-18(7-12-22)25(30)26-19-8-15-23-24(16-19)28-29(27-23)20-9-13-21(14-10-20)31-5-2/h6-17H,4-5H2,1-3H3,(H,26,30)/t17-/m1/s1. The van der Waals surface area contributed by atoms with Crippen molar-refractivity contribution in [2.24, 2.45) is 0 Å². The van der Waals surface area contributed by atoms with Gasteiger partial charge in [0.2, 0.25) is 0 Å². The van der Waals surface area contributed by atoms with Gasteiger partial charge in [-0.1, -0.05) is 6.92 Å². The minimum Gasteiger partial charge on any atom is -0.494 e. The molecule has 7 heteroatoms. The first-order valence-electron chi connectivity index (χ1n) is 10.7. The maximum atomic E-state index is 12.6. The fourth-order valence-electron chi connectivity index (χ4n) is 3.15. The highest BCUT2D eigenvalue weighted by molar-refractivity contribution is 6.05. The average Bonchev–Trinajstić information content (AvgIpc) is 3.23. The molecular formula is C25H26N4O3. The van der Waals surface area contributed by atoms with E-state index in [0.717, 1.165) is 29.1 Å². The molecule has 4 aromatic rings. The van der Waals surface area contributed by atoms with Gasteiger partial charge in [0, 0.05) is 11.3 Å². The van der Waals surface area contributed by atoms with E-state index >= 15 is 0 Å². The Bertz CT molecular complexity index is 1200. The first-order valence-corrected chi connectivity index (χ1v) is 10.7. The molecule has 0 fully saturated rings. The van der Waals surface area contributed by atoms with E-state index in [9.17, 15) is 4.79 Å². The molecule has 4 rings (SSSR count). The van der Waals surface area contributed by atoms with Gasteiger partial charge in [0.05, 0.1) is 18.4 Å². The molecule has 1 heterocycles. The van der Waals surface area contributed by atoms with Crippen LogP contribution in [0.1, 0.15) is 37.6 Å². The van der Waals surface area contributed by atoms with Crippen LogP contribution in [0.5, 0.6) is 11.5 Å². The molecule has 0 aliphatic heterocycles.